The topological polar surface area (TPSA) is 105 Å². The number of nitrogens with one attached hydrogen (secondary N) is 2. The number of thioether (sulfide) groups is 1. The SMILES string of the molecule is CC(C)(C)OC(=O)N[C@@H](Cc1ccc(Cl)cc1)C(=O)N[C@H](CSC(c1ccccc1)(c1ccccc1)c1ccccc1)C(=O)O. The number of amides is 2. The summed E-state index contributed by atoms with van der Waals surface area (Å²) < 4.78 is 4.62. The van der Waals surface area contributed by atoms with E-state index in [1.54, 1.807) is 45.0 Å². The highest BCUT2D eigenvalue weighted by atomic mass is 35.5. The average molecular weight is 645 g/mol. The van der Waals surface area contributed by atoms with E-state index >= 15 is 0 Å². The fourth-order valence-corrected chi connectivity index (χ4v) is 6.62. The molecule has 0 aliphatic heterocycles. The van der Waals surface area contributed by atoms with Crippen molar-refractivity contribution in [3.05, 3.63) is 143 Å². The lowest BCUT2D eigenvalue weighted by molar-refractivity contribution is -0.141. The molecule has 0 spiro atoms. The van der Waals surface area contributed by atoms with E-state index < -0.39 is 40.4 Å². The number of hydrogen-bond donors (Lipinski definition) is 3. The minimum Gasteiger partial charge on any atom is -0.480 e. The quantitative estimate of drug-likeness (QED) is 0.143. The van der Waals surface area contributed by atoms with E-state index in [2.05, 4.69) is 10.6 Å². The van der Waals surface area contributed by atoms with Crippen molar-refractivity contribution in [2.45, 2.75) is 49.6 Å². The summed E-state index contributed by atoms with van der Waals surface area (Å²) in [7, 11) is 0. The third-order valence-electron chi connectivity index (χ3n) is 6.98. The molecule has 0 aliphatic rings. The number of alkyl carbamates (subject to hydrolysis) is 1. The van der Waals surface area contributed by atoms with E-state index in [1.165, 1.54) is 11.8 Å². The molecule has 0 unspecified atom stereocenters. The van der Waals surface area contributed by atoms with Crippen LogP contribution >= 0.6 is 23.4 Å². The van der Waals surface area contributed by atoms with Crippen molar-refractivity contribution in [1.82, 2.24) is 10.6 Å². The lowest BCUT2D eigenvalue weighted by Gasteiger charge is -2.36. The Morgan fingerprint density at radius 3 is 1.62 bits per heavy atom. The second-order valence-electron chi connectivity index (χ2n) is 11.5. The lowest BCUT2D eigenvalue weighted by Crippen LogP contribution is -2.54. The molecule has 0 radical (unpaired) electrons. The van der Waals surface area contributed by atoms with Crippen molar-refractivity contribution in [2.75, 3.05) is 5.75 Å². The normalized spacial score (nSPS) is 12.9. The fraction of sp³-hybridized carbons (Fsp3) is 0.250. The summed E-state index contributed by atoms with van der Waals surface area (Å²) in [5, 5.41) is 16.2. The van der Waals surface area contributed by atoms with Gasteiger partial charge in [0.25, 0.3) is 0 Å². The largest absolute Gasteiger partial charge is 0.480 e. The van der Waals surface area contributed by atoms with E-state index in [1.807, 2.05) is 91.0 Å². The van der Waals surface area contributed by atoms with Crippen molar-refractivity contribution < 1.29 is 24.2 Å². The monoisotopic (exact) mass is 644 g/mol. The second-order valence-corrected chi connectivity index (χ2v) is 13.2. The van der Waals surface area contributed by atoms with Gasteiger partial charge >= 0.3 is 12.1 Å². The predicted octanol–water partition coefficient (Wildman–Crippen LogP) is 7.07. The number of aliphatic carboxylic acids is 1. The predicted molar refractivity (Wildman–Crippen MR) is 180 cm³/mol. The summed E-state index contributed by atoms with van der Waals surface area (Å²) in [6, 6.07) is 34.2. The minimum absolute atomic E-state index is 0.0276. The van der Waals surface area contributed by atoms with E-state index in [-0.39, 0.29) is 12.2 Å². The Hall–Kier alpha value is -4.27. The molecule has 4 aromatic rings. The van der Waals surface area contributed by atoms with Crippen LogP contribution in [-0.4, -0.2) is 46.5 Å². The molecule has 0 heterocycles. The summed E-state index contributed by atoms with van der Waals surface area (Å²) in [4.78, 5) is 39.0. The molecule has 7 nitrogen and oxygen atoms in total. The molecule has 0 saturated heterocycles. The highest BCUT2D eigenvalue weighted by Crippen LogP contribution is 2.48. The standard InChI is InChI=1S/C36H37ClN2O5S/c1-35(2,3)44-34(43)39-30(23-25-19-21-29(37)22-20-25)32(40)38-31(33(41)42)24-45-36(26-13-7-4-8-14-26,27-15-9-5-10-16-27)28-17-11-6-12-18-28/h4-22,30-31H,23-24H2,1-3H3,(H,38,40)(H,39,43)(H,41,42)/t30-,31+/m0/s1. The molecular weight excluding hydrogens is 608 g/mol. The van der Waals surface area contributed by atoms with Crippen LogP contribution in [0.15, 0.2) is 115 Å². The third-order valence-corrected chi connectivity index (χ3v) is 8.87. The van der Waals surface area contributed by atoms with Gasteiger partial charge in [-0.2, -0.15) is 0 Å². The Labute approximate surface area is 273 Å². The zero-order valence-electron chi connectivity index (χ0n) is 25.4. The zero-order chi connectivity index (χ0) is 32.5. The average Bonchev–Trinajstić information content (AvgIpc) is 3.02. The minimum atomic E-state index is -1.27. The molecule has 234 valence electrons. The molecule has 2 atom stereocenters. The number of carbonyl (C=O) groups is 3. The summed E-state index contributed by atoms with van der Waals surface area (Å²) in [6.07, 6.45) is -0.682. The van der Waals surface area contributed by atoms with Crippen molar-refractivity contribution in [2.24, 2.45) is 0 Å². The maximum absolute atomic E-state index is 13.7. The summed E-state index contributed by atoms with van der Waals surface area (Å²) in [5.74, 6) is -1.81. The number of hydrogen-bond acceptors (Lipinski definition) is 5. The van der Waals surface area contributed by atoms with Crippen LogP contribution in [-0.2, 0) is 25.5 Å². The van der Waals surface area contributed by atoms with Gasteiger partial charge in [0.2, 0.25) is 5.91 Å². The van der Waals surface area contributed by atoms with E-state index in [0.717, 1.165) is 22.3 Å². The van der Waals surface area contributed by atoms with Crippen LogP contribution in [0.5, 0.6) is 0 Å². The summed E-state index contributed by atoms with van der Waals surface area (Å²) in [5.41, 5.74) is 2.84. The molecule has 0 bridgehead atoms. The Balaban J connectivity index is 1.65. The van der Waals surface area contributed by atoms with Crippen LogP contribution in [0, 0.1) is 0 Å². The van der Waals surface area contributed by atoms with E-state index in [4.69, 9.17) is 16.3 Å². The Kier molecular flexibility index (Phi) is 11.3. The second kappa shape index (κ2) is 15.1. The van der Waals surface area contributed by atoms with Gasteiger partial charge in [0.05, 0.1) is 4.75 Å². The van der Waals surface area contributed by atoms with Crippen molar-refractivity contribution in [3.8, 4) is 0 Å². The van der Waals surface area contributed by atoms with Crippen LogP contribution in [0.2, 0.25) is 5.02 Å². The van der Waals surface area contributed by atoms with Gasteiger partial charge in [0, 0.05) is 17.2 Å². The molecule has 0 fully saturated rings. The van der Waals surface area contributed by atoms with Crippen LogP contribution < -0.4 is 10.6 Å². The molecule has 2 amide bonds. The third kappa shape index (κ3) is 9.12. The van der Waals surface area contributed by atoms with Crippen LogP contribution in [0.4, 0.5) is 4.79 Å². The Morgan fingerprint density at radius 2 is 1.20 bits per heavy atom. The number of carbonyl (C=O) groups excluding carboxylic acids is 2. The first-order valence-electron chi connectivity index (χ1n) is 14.6. The highest BCUT2D eigenvalue weighted by molar-refractivity contribution is 8.00. The van der Waals surface area contributed by atoms with Crippen LogP contribution in [0.1, 0.15) is 43.0 Å². The maximum atomic E-state index is 13.7. The van der Waals surface area contributed by atoms with Crippen molar-refractivity contribution >= 4 is 41.3 Å². The van der Waals surface area contributed by atoms with Gasteiger partial charge in [-0.1, -0.05) is 115 Å². The fourth-order valence-electron chi connectivity index (χ4n) is 4.94. The highest BCUT2D eigenvalue weighted by Gasteiger charge is 2.39. The molecule has 9 heteroatoms. The van der Waals surface area contributed by atoms with Gasteiger partial charge in [-0.25, -0.2) is 9.59 Å². The van der Waals surface area contributed by atoms with Gasteiger partial charge in [-0.15, -0.1) is 11.8 Å². The molecule has 3 N–H and O–H groups in total. The first-order chi connectivity index (χ1) is 21.5. The molecule has 4 aromatic carbocycles. The summed E-state index contributed by atoms with van der Waals surface area (Å²) in [6.45, 7) is 5.16. The number of rotatable bonds is 12. The lowest BCUT2D eigenvalue weighted by atomic mass is 9.84. The Bertz CT molecular complexity index is 1470. The molecule has 4 rings (SSSR count). The zero-order valence-corrected chi connectivity index (χ0v) is 27.0. The van der Waals surface area contributed by atoms with E-state index in [0.29, 0.717) is 5.02 Å². The smallest absolute Gasteiger partial charge is 0.408 e. The number of carboxylic acids is 1. The van der Waals surface area contributed by atoms with Gasteiger partial charge in [-0.05, 0) is 55.2 Å². The van der Waals surface area contributed by atoms with Crippen molar-refractivity contribution in [3.63, 3.8) is 0 Å². The first kappa shape index (κ1) is 33.6. The molecule has 45 heavy (non-hydrogen) atoms. The number of ether oxygens (including phenoxy) is 1. The summed E-state index contributed by atoms with van der Waals surface area (Å²) >= 11 is 7.46. The van der Waals surface area contributed by atoms with Gasteiger partial charge in [-0.3, -0.25) is 4.79 Å². The molecule has 0 saturated carbocycles. The van der Waals surface area contributed by atoms with Crippen LogP contribution in [0.3, 0.4) is 0 Å². The number of benzene rings is 4. The van der Waals surface area contributed by atoms with Crippen molar-refractivity contribution in [1.29, 1.82) is 0 Å². The van der Waals surface area contributed by atoms with Gasteiger partial charge in [0.1, 0.15) is 17.7 Å². The molecular formula is C36H37ClN2O5S. The van der Waals surface area contributed by atoms with Crippen LogP contribution in [0.25, 0.3) is 0 Å². The van der Waals surface area contributed by atoms with Gasteiger partial charge in [0.15, 0.2) is 0 Å². The van der Waals surface area contributed by atoms with Gasteiger partial charge < -0.3 is 20.5 Å². The first-order valence-corrected chi connectivity index (χ1v) is 15.9. The maximum Gasteiger partial charge on any atom is 0.408 e. The Morgan fingerprint density at radius 1 is 0.733 bits per heavy atom. The number of halogens is 1. The molecule has 0 aromatic heterocycles. The number of carboxylic acid groups (broad SMARTS) is 1. The van der Waals surface area contributed by atoms with E-state index in [9.17, 15) is 19.5 Å². The molecule has 0 aliphatic carbocycles.